The van der Waals surface area contributed by atoms with Gasteiger partial charge in [0.05, 0.1) is 4.47 Å². The summed E-state index contributed by atoms with van der Waals surface area (Å²) in [5.74, 6) is -0.244. The largest absolute Gasteiger partial charge is 0.488 e. The summed E-state index contributed by atoms with van der Waals surface area (Å²) in [5.41, 5.74) is 1.89. The number of hydrogen-bond donors (Lipinski definition) is 1. The van der Waals surface area contributed by atoms with Crippen molar-refractivity contribution >= 4 is 50.6 Å². The molecule has 5 heteroatoms. The number of halogens is 2. The number of aliphatic carboxylic acids is 1. The molecule has 0 aliphatic carbocycles. The molecule has 0 atom stereocenters. The molecular weight excluding hydrogens is 447 g/mol. The van der Waals surface area contributed by atoms with Gasteiger partial charge in [0.15, 0.2) is 0 Å². The lowest BCUT2D eigenvalue weighted by molar-refractivity contribution is -0.131. The number of ether oxygens (including phenoxy) is 1. The molecule has 0 aliphatic heterocycles. The minimum absolute atomic E-state index is 0.486. The zero-order valence-electron chi connectivity index (χ0n) is 10.9. The second kappa shape index (κ2) is 7.61. The van der Waals surface area contributed by atoms with Crippen molar-refractivity contribution in [2.24, 2.45) is 0 Å². The van der Waals surface area contributed by atoms with E-state index in [4.69, 9.17) is 9.84 Å². The van der Waals surface area contributed by atoms with Crippen molar-refractivity contribution in [1.82, 2.24) is 0 Å². The van der Waals surface area contributed by atoms with Crippen molar-refractivity contribution in [1.29, 1.82) is 0 Å². The number of rotatable bonds is 5. The number of benzene rings is 2. The fraction of sp³-hybridized carbons (Fsp3) is 0.0625. The van der Waals surface area contributed by atoms with Crippen molar-refractivity contribution in [2.75, 3.05) is 0 Å². The van der Waals surface area contributed by atoms with Crippen LogP contribution in [0.4, 0.5) is 0 Å². The molecule has 2 rings (SSSR count). The second-order valence-corrected chi connectivity index (χ2v) is 6.38. The highest BCUT2D eigenvalue weighted by Crippen LogP contribution is 2.27. The Morgan fingerprint density at radius 2 is 1.95 bits per heavy atom. The highest BCUT2D eigenvalue weighted by Gasteiger charge is 2.03. The van der Waals surface area contributed by atoms with E-state index in [1.54, 1.807) is 0 Å². The van der Waals surface area contributed by atoms with Gasteiger partial charge in [0, 0.05) is 9.65 Å². The maximum atomic E-state index is 10.5. The van der Waals surface area contributed by atoms with Crippen LogP contribution in [0.1, 0.15) is 11.1 Å². The Bertz CT molecular complexity index is 666. The third-order valence-corrected chi connectivity index (χ3v) is 4.02. The van der Waals surface area contributed by atoms with E-state index in [0.717, 1.165) is 27.4 Å². The monoisotopic (exact) mass is 458 g/mol. The summed E-state index contributed by atoms with van der Waals surface area (Å²) in [4.78, 5) is 10.5. The predicted octanol–water partition coefficient (Wildman–Crippen LogP) is 4.73. The Morgan fingerprint density at radius 1 is 1.24 bits per heavy atom. The normalized spacial score (nSPS) is 10.8. The molecular formula is C16H12BrIO3. The van der Waals surface area contributed by atoms with Gasteiger partial charge in [-0.1, -0.05) is 18.2 Å². The van der Waals surface area contributed by atoms with E-state index in [-0.39, 0.29) is 0 Å². The molecule has 0 amide bonds. The van der Waals surface area contributed by atoms with Crippen LogP contribution in [0, 0.1) is 3.57 Å². The predicted molar refractivity (Wildman–Crippen MR) is 94.3 cm³/mol. The Balaban J connectivity index is 2.04. The smallest absolute Gasteiger partial charge is 0.328 e. The van der Waals surface area contributed by atoms with Crippen molar-refractivity contribution in [3.63, 3.8) is 0 Å². The van der Waals surface area contributed by atoms with Gasteiger partial charge in [-0.3, -0.25) is 0 Å². The van der Waals surface area contributed by atoms with Crippen molar-refractivity contribution in [2.45, 2.75) is 6.61 Å². The standard InChI is InChI=1S/C16H12BrIO3/c17-14-9-11(4-8-16(19)20)3-7-15(14)21-10-12-1-5-13(18)6-2-12/h1-9H,10H2,(H,19,20). The molecule has 2 aromatic carbocycles. The quantitative estimate of drug-likeness (QED) is 0.520. The van der Waals surface area contributed by atoms with Crippen LogP contribution in [0.3, 0.4) is 0 Å². The summed E-state index contributed by atoms with van der Waals surface area (Å²) < 4.78 is 7.73. The molecule has 0 fully saturated rings. The molecule has 0 heterocycles. The van der Waals surface area contributed by atoms with Gasteiger partial charge in [0.25, 0.3) is 0 Å². The van der Waals surface area contributed by atoms with Gasteiger partial charge < -0.3 is 9.84 Å². The van der Waals surface area contributed by atoms with Gasteiger partial charge in [0.1, 0.15) is 12.4 Å². The zero-order valence-corrected chi connectivity index (χ0v) is 14.7. The van der Waals surface area contributed by atoms with Crippen molar-refractivity contribution in [3.8, 4) is 5.75 Å². The summed E-state index contributed by atoms with van der Waals surface area (Å²) in [6.07, 6.45) is 2.64. The molecule has 0 saturated heterocycles. The first kappa shape index (κ1) is 16.0. The van der Waals surface area contributed by atoms with Crippen molar-refractivity contribution < 1.29 is 14.6 Å². The van der Waals surface area contributed by atoms with Gasteiger partial charge in [-0.2, -0.15) is 0 Å². The molecule has 1 N–H and O–H groups in total. The van der Waals surface area contributed by atoms with Crippen LogP contribution < -0.4 is 4.74 Å². The molecule has 0 radical (unpaired) electrons. The number of carboxylic acid groups (broad SMARTS) is 1. The van der Waals surface area contributed by atoms with Gasteiger partial charge >= 0.3 is 5.97 Å². The van der Waals surface area contributed by atoms with E-state index in [1.807, 2.05) is 42.5 Å². The van der Waals surface area contributed by atoms with E-state index in [9.17, 15) is 4.79 Å². The summed E-state index contributed by atoms with van der Waals surface area (Å²) in [6.45, 7) is 0.486. The molecule has 0 aliphatic rings. The zero-order chi connectivity index (χ0) is 15.2. The van der Waals surface area contributed by atoms with Crippen LogP contribution >= 0.6 is 38.5 Å². The Labute approximate surface area is 144 Å². The Kier molecular flexibility index (Phi) is 5.81. The van der Waals surface area contributed by atoms with Crippen LogP contribution in [0.5, 0.6) is 5.75 Å². The van der Waals surface area contributed by atoms with Gasteiger partial charge in [-0.25, -0.2) is 4.79 Å². The SMILES string of the molecule is O=C(O)C=Cc1ccc(OCc2ccc(I)cc2)c(Br)c1. The lowest BCUT2D eigenvalue weighted by atomic mass is 10.2. The van der Waals surface area contributed by atoms with Crippen LogP contribution in [-0.4, -0.2) is 11.1 Å². The van der Waals surface area contributed by atoms with Crippen LogP contribution in [0.15, 0.2) is 53.0 Å². The summed E-state index contributed by atoms with van der Waals surface area (Å²) in [6, 6.07) is 13.6. The molecule has 2 aromatic rings. The topological polar surface area (TPSA) is 46.5 Å². The van der Waals surface area contributed by atoms with Gasteiger partial charge in [0.2, 0.25) is 0 Å². The molecule has 0 bridgehead atoms. The summed E-state index contributed by atoms with van der Waals surface area (Å²) in [5, 5.41) is 8.60. The third-order valence-electron chi connectivity index (χ3n) is 2.68. The van der Waals surface area contributed by atoms with E-state index in [1.165, 1.54) is 9.65 Å². The molecule has 0 saturated carbocycles. The maximum absolute atomic E-state index is 10.5. The number of carboxylic acids is 1. The van der Waals surface area contributed by atoms with Crippen molar-refractivity contribution in [3.05, 3.63) is 67.7 Å². The third kappa shape index (κ3) is 5.17. The lowest BCUT2D eigenvalue weighted by Crippen LogP contribution is -1.96. The molecule has 0 unspecified atom stereocenters. The van der Waals surface area contributed by atoms with Crippen LogP contribution in [-0.2, 0) is 11.4 Å². The van der Waals surface area contributed by atoms with E-state index < -0.39 is 5.97 Å². The first-order valence-corrected chi connectivity index (χ1v) is 7.99. The van der Waals surface area contributed by atoms with Crippen LogP contribution in [0.2, 0.25) is 0 Å². The fourth-order valence-corrected chi connectivity index (χ4v) is 2.52. The van der Waals surface area contributed by atoms with Gasteiger partial charge in [-0.05, 0) is 80.0 Å². The minimum atomic E-state index is -0.967. The van der Waals surface area contributed by atoms with E-state index in [2.05, 4.69) is 38.5 Å². The lowest BCUT2D eigenvalue weighted by Gasteiger charge is -2.09. The fourth-order valence-electron chi connectivity index (χ4n) is 1.65. The first-order chi connectivity index (χ1) is 10.0. The average Bonchev–Trinajstić information content (AvgIpc) is 2.46. The molecule has 108 valence electrons. The van der Waals surface area contributed by atoms with Gasteiger partial charge in [-0.15, -0.1) is 0 Å². The second-order valence-electron chi connectivity index (χ2n) is 4.28. The maximum Gasteiger partial charge on any atom is 0.328 e. The van der Waals surface area contributed by atoms with E-state index >= 15 is 0 Å². The summed E-state index contributed by atoms with van der Waals surface area (Å²) >= 11 is 5.69. The molecule has 3 nitrogen and oxygen atoms in total. The number of carbonyl (C=O) groups is 1. The average molecular weight is 459 g/mol. The first-order valence-electron chi connectivity index (χ1n) is 6.12. The van der Waals surface area contributed by atoms with Crippen LogP contribution in [0.25, 0.3) is 6.08 Å². The van der Waals surface area contributed by atoms with E-state index in [0.29, 0.717) is 6.61 Å². The minimum Gasteiger partial charge on any atom is -0.488 e. The molecule has 0 aromatic heterocycles. The highest BCUT2D eigenvalue weighted by molar-refractivity contribution is 14.1. The molecule has 0 spiro atoms. The Hall–Kier alpha value is -1.34. The molecule has 21 heavy (non-hydrogen) atoms. The summed E-state index contributed by atoms with van der Waals surface area (Å²) in [7, 11) is 0. The number of hydrogen-bond acceptors (Lipinski definition) is 2. The highest BCUT2D eigenvalue weighted by atomic mass is 127. The Morgan fingerprint density at radius 3 is 2.57 bits per heavy atom.